The van der Waals surface area contributed by atoms with Gasteiger partial charge in [0.15, 0.2) is 6.23 Å². The van der Waals surface area contributed by atoms with Gasteiger partial charge < -0.3 is 19.9 Å². The Bertz CT molecular complexity index is 960. The Morgan fingerprint density at radius 3 is 2.61 bits per heavy atom. The molecule has 0 radical (unpaired) electrons. The maximum absolute atomic E-state index is 13.6. The topological polar surface area (TPSA) is 61.9 Å². The van der Waals surface area contributed by atoms with Crippen LogP contribution in [-0.2, 0) is 22.3 Å². The molecule has 3 fully saturated rings. The van der Waals surface area contributed by atoms with Gasteiger partial charge in [0, 0.05) is 30.5 Å². The van der Waals surface area contributed by atoms with Gasteiger partial charge in [-0.25, -0.2) is 0 Å². The number of hydrogen-bond donors (Lipinski definition) is 1. The van der Waals surface area contributed by atoms with Gasteiger partial charge in [-0.2, -0.15) is 13.2 Å². The lowest BCUT2D eigenvalue weighted by Gasteiger charge is -2.36. The SMILES string of the molecule is CNC(=O)C1CCN([C@@H]2CC[C@@]3(C2)C(=O)N2Cc4cc(C(F)(F)F)ccc4OC2C3C)CC1. The minimum Gasteiger partial charge on any atom is -0.470 e. The molecule has 4 atom stereocenters. The van der Waals surface area contributed by atoms with Crippen molar-refractivity contribution in [2.45, 2.75) is 64.0 Å². The molecule has 3 heterocycles. The number of nitrogens with zero attached hydrogens (tertiary/aromatic N) is 2. The first kappa shape index (κ1) is 22.5. The van der Waals surface area contributed by atoms with E-state index >= 15 is 0 Å². The Morgan fingerprint density at radius 2 is 1.94 bits per heavy atom. The zero-order chi connectivity index (χ0) is 23.5. The fourth-order valence-electron chi connectivity index (χ4n) is 6.47. The molecular formula is C24H30F3N3O3. The molecule has 0 aromatic heterocycles. The Kier molecular flexibility index (Phi) is 5.38. The largest absolute Gasteiger partial charge is 0.470 e. The van der Waals surface area contributed by atoms with Crippen LogP contribution in [0.1, 0.15) is 50.2 Å². The molecule has 1 aliphatic carbocycles. The summed E-state index contributed by atoms with van der Waals surface area (Å²) >= 11 is 0. The summed E-state index contributed by atoms with van der Waals surface area (Å²) in [5, 5.41) is 2.73. The van der Waals surface area contributed by atoms with Crippen molar-refractivity contribution < 1.29 is 27.5 Å². The normalized spacial score (nSPS) is 32.6. The molecule has 2 amide bonds. The van der Waals surface area contributed by atoms with E-state index in [1.165, 1.54) is 6.07 Å². The van der Waals surface area contributed by atoms with Crippen LogP contribution in [-0.4, -0.2) is 54.0 Å². The summed E-state index contributed by atoms with van der Waals surface area (Å²) in [6.45, 7) is 3.88. The van der Waals surface area contributed by atoms with Gasteiger partial charge in [0.2, 0.25) is 11.8 Å². The van der Waals surface area contributed by atoms with Crippen molar-refractivity contribution in [2.24, 2.45) is 17.3 Å². The van der Waals surface area contributed by atoms with Crippen LogP contribution in [0.15, 0.2) is 18.2 Å². The predicted molar refractivity (Wildman–Crippen MR) is 114 cm³/mol. The summed E-state index contributed by atoms with van der Waals surface area (Å²) in [7, 11) is 1.67. The van der Waals surface area contributed by atoms with E-state index in [1.807, 2.05) is 6.92 Å². The second-order valence-corrected chi connectivity index (χ2v) is 10.0. The average molecular weight is 466 g/mol. The second kappa shape index (κ2) is 7.89. The van der Waals surface area contributed by atoms with Gasteiger partial charge in [-0.3, -0.25) is 9.59 Å². The van der Waals surface area contributed by atoms with Crippen molar-refractivity contribution in [3.8, 4) is 5.75 Å². The molecule has 0 bridgehead atoms. The summed E-state index contributed by atoms with van der Waals surface area (Å²) in [6.07, 6.45) is -0.834. The quantitative estimate of drug-likeness (QED) is 0.728. The zero-order valence-electron chi connectivity index (χ0n) is 19.0. The maximum Gasteiger partial charge on any atom is 0.416 e. The molecule has 33 heavy (non-hydrogen) atoms. The third kappa shape index (κ3) is 3.59. The Balaban J connectivity index is 1.31. The van der Waals surface area contributed by atoms with Crippen molar-refractivity contribution in [2.75, 3.05) is 20.1 Å². The third-order valence-corrected chi connectivity index (χ3v) is 8.46. The summed E-state index contributed by atoms with van der Waals surface area (Å²) < 4.78 is 45.6. The third-order valence-electron chi connectivity index (χ3n) is 8.46. The van der Waals surface area contributed by atoms with E-state index in [2.05, 4.69) is 10.2 Å². The van der Waals surface area contributed by atoms with Gasteiger partial charge in [0.1, 0.15) is 5.75 Å². The highest BCUT2D eigenvalue weighted by molar-refractivity contribution is 5.86. The Hall–Kier alpha value is -2.29. The molecule has 1 aromatic rings. The summed E-state index contributed by atoms with van der Waals surface area (Å²) in [5.74, 6) is 0.543. The van der Waals surface area contributed by atoms with Crippen LogP contribution in [0.3, 0.4) is 0 Å². The fraction of sp³-hybridized carbons (Fsp3) is 0.667. The van der Waals surface area contributed by atoms with Crippen molar-refractivity contribution >= 4 is 11.8 Å². The van der Waals surface area contributed by atoms with E-state index in [4.69, 9.17) is 4.74 Å². The molecular weight excluding hydrogens is 435 g/mol. The van der Waals surface area contributed by atoms with Crippen molar-refractivity contribution in [3.63, 3.8) is 0 Å². The number of carbonyl (C=O) groups is 2. The minimum atomic E-state index is -4.43. The van der Waals surface area contributed by atoms with Crippen LogP contribution in [0.4, 0.5) is 13.2 Å². The van der Waals surface area contributed by atoms with E-state index in [0.717, 1.165) is 57.3 Å². The molecule has 180 valence electrons. The maximum atomic E-state index is 13.6. The van der Waals surface area contributed by atoms with Gasteiger partial charge in [-0.15, -0.1) is 0 Å². The number of benzene rings is 1. The average Bonchev–Trinajstić information content (AvgIpc) is 3.34. The number of fused-ring (bicyclic) bond motifs is 2. The number of hydrogen-bond acceptors (Lipinski definition) is 4. The number of alkyl halides is 3. The highest BCUT2D eigenvalue weighted by Crippen LogP contribution is 2.55. The highest BCUT2D eigenvalue weighted by Gasteiger charge is 2.62. The standard InChI is InChI=1S/C24H30F3N3O3/c1-14-21-30(13-16-11-17(24(25,26)27)3-4-19(16)33-21)22(32)23(14)8-5-18(12-23)29-9-6-15(7-10-29)20(31)28-2/h3-4,11,14-15,18,21H,5-10,12-13H2,1-2H3,(H,28,31)/t14?,18-,21?,23+/m1/s1. The van der Waals surface area contributed by atoms with Gasteiger partial charge in [0.25, 0.3) is 0 Å². The number of rotatable bonds is 2. The van der Waals surface area contributed by atoms with Crippen molar-refractivity contribution in [3.05, 3.63) is 29.3 Å². The predicted octanol–water partition coefficient (Wildman–Crippen LogP) is 3.40. The monoisotopic (exact) mass is 465 g/mol. The van der Waals surface area contributed by atoms with Crippen LogP contribution in [0, 0.1) is 17.3 Å². The van der Waals surface area contributed by atoms with Gasteiger partial charge >= 0.3 is 6.18 Å². The Labute approximate surface area is 191 Å². The van der Waals surface area contributed by atoms with Crippen molar-refractivity contribution in [1.82, 2.24) is 15.1 Å². The zero-order valence-corrected chi connectivity index (χ0v) is 19.0. The number of carbonyl (C=O) groups excluding carboxylic acids is 2. The molecule has 5 rings (SSSR count). The van der Waals surface area contributed by atoms with Gasteiger partial charge in [-0.1, -0.05) is 6.92 Å². The van der Waals surface area contributed by atoms with Crippen LogP contribution in [0.2, 0.25) is 0 Å². The van der Waals surface area contributed by atoms with Gasteiger partial charge in [-0.05, 0) is 63.4 Å². The van der Waals surface area contributed by atoms with Gasteiger partial charge in [0.05, 0.1) is 17.5 Å². The van der Waals surface area contributed by atoms with E-state index in [0.29, 0.717) is 11.3 Å². The molecule has 9 heteroatoms. The first-order valence-corrected chi connectivity index (χ1v) is 11.8. The number of amides is 2. The van der Waals surface area contributed by atoms with Crippen LogP contribution in [0.25, 0.3) is 0 Å². The number of nitrogens with one attached hydrogen (secondary N) is 1. The fourth-order valence-corrected chi connectivity index (χ4v) is 6.47. The van der Waals surface area contributed by atoms with Crippen LogP contribution < -0.4 is 10.1 Å². The molecule has 1 N–H and O–H groups in total. The molecule has 3 aliphatic heterocycles. The molecule has 2 saturated heterocycles. The van der Waals surface area contributed by atoms with E-state index < -0.39 is 23.4 Å². The number of likely N-dealkylation sites (tertiary alicyclic amines) is 1. The number of halogens is 3. The lowest BCUT2D eigenvalue weighted by atomic mass is 9.76. The lowest BCUT2D eigenvalue weighted by Crippen LogP contribution is -2.44. The van der Waals surface area contributed by atoms with Crippen molar-refractivity contribution in [1.29, 1.82) is 0 Å². The van der Waals surface area contributed by atoms with E-state index in [9.17, 15) is 22.8 Å². The number of ether oxygens (including phenoxy) is 1. The Morgan fingerprint density at radius 1 is 1.21 bits per heavy atom. The minimum absolute atomic E-state index is 0.00538. The molecule has 2 unspecified atom stereocenters. The first-order valence-electron chi connectivity index (χ1n) is 11.8. The van der Waals surface area contributed by atoms with Crippen LogP contribution in [0.5, 0.6) is 5.75 Å². The first-order chi connectivity index (χ1) is 15.6. The van der Waals surface area contributed by atoms with E-state index in [-0.39, 0.29) is 36.2 Å². The lowest BCUT2D eigenvalue weighted by molar-refractivity contribution is -0.140. The smallest absolute Gasteiger partial charge is 0.416 e. The van der Waals surface area contributed by atoms with E-state index in [1.54, 1.807) is 11.9 Å². The summed E-state index contributed by atoms with van der Waals surface area (Å²) in [4.78, 5) is 29.6. The molecule has 1 aromatic carbocycles. The van der Waals surface area contributed by atoms with Crippen LogP contribution >= 0.6 is 0 Å². The molecule has 1 saturated carbocycles. The molecule has 4 aliphatic rings. The molecule has 1 spiro atoms. The molecule has 6 nitrogen and oxygen atoms in total. The number of piperidine rings is 1. The second-order valence-electron chi connectivity index (χ2n) is 10.0. The summed E-state index contributed by atoms with van der Waals surface area (Å²) in [6, 6.07) is 3.80. The highest BCUT2D eigenvalue weighted by atomic mass is 19.4. The summed E-state index contributed by atoms with van der Waals surface area (Å²) in [5.41, 5.74) is -0.856.